The first-order valence-corrected chi connectivity index (χ1v) is 8.15. The zero-order valence-corrected chi connectivity index (χ0v) is 14.0. The molecule has 0 saturated carbocycles. The van der Waals surface area contributed by atoms with Gasteiger partial charge in [-0.2, -0.15) is 0 Å². The van der Waals surface area contributed by atoms with Crippen molar-refractivity contribution >= 4 is 34.3 Å². The number of carbonyl (C=O) groups excluding carboxylic acids is 2. The lowest BCUT2D eigenvalue weighted by atomic mass is 9.99. The average molecular weight is 344 g/mol. The molecule has 6 nitrogen and oxygen atoms in total. The number of amides is 2. The topological polar surface area (TPSA) is 86.9 Å². The zero-order chi connectivity index (χ0) is 18.1. The predicted molar refractivity (Wildman–Crippen MR) is 101 cm³/mol. The molecule has 0 radical (unpaired) electrons. The van der Waals surface area contributed by atoms with Gasteiger partial charge in [-0.25, -0.2) is 0 Å². The molecule has 0 spiro atoms. The monoisotopic (exact) mass is 344 g/mol. The molecule has 26 heavy (non-hydrogen) atoms. The number of hydrogen-bond donors (Lipinski definition) is 3. The molecule has 128 valence electrons. The van der Waals surface area contributed by atoms with E-state index >= 15 is 0 Å². The van der Waals surface area contributed by atoms with Gasteiger partial charge >= 0.3 is 0 Å². The van der Waals surface area contributed by atoms with Crippen LogP contribution in [0.15, 0.2) is 61.1 Å². The van der Waals surface area contributed by atoms with Crippen molar-refractivity contribution in [1.29, 1.82) is 0 Å². The number of allylic oxidation sites excluding steroid dienone is 1. The number of carbonyl (C=O) groups is 2. The van der Waals surface area contributed by atoms with Crippen molar-refractivity contribution in [3.05, 3.63) is 77.9 Å². The Balaban J connectivity index is 1.70. The highest BCUT2D eigenvalue weighted by Gasteiger charge is 2.27. The number of fused-ring (bicyclic) bond motifs is 1. The first-order valence-electron chi connectivity index (χ1n) is 8.15. The summed E-state index contributed by atoms with van der Waals surface area (Å²) in [5.41, 5.74) is 4.92. The number of rotatable bonds is 3. The van der Waals surface area contributed by atoms with Gasteiger partial charge in [-0.1, -0.05) is 0 Å². The molecule has 1 aliphatic rings. The molecule has 0 atom stereocenters. The minimum Gasteiger partial charge on any atom is -0.361 e. The molecule has 0 bridgehead atoms. The van der Waals surface area contributed by atoms with Crippen LogP contribution in [-0.2, 0) is 4.79 Å². The molecule has 3 aromatic rings. The largest absolute Gasteiger partial charge is 0.361 e. The minimum atomic E-state index is -0.248. The highest BCUT2D eigenvalue weighted by Crippen LogP contribution is 2.38. The highest BCUT2D eigenvalue weighted by atomic mass is 16.2. The number of nitrogens with one attached hydrogen (secondary N) is 3. The van der Waals surface area contributed by atoms with Crippen LogP contribution in [0.5, 0.6) is 0 Å². The van der Waals surface area contributed by atoms with Crippen molar-refractivity contribution in [2.75, 3.05) is 10.6 Å². The number of hydrogen-bond acceptors (Lipinski definition) is 3. The van der Waals surface area contributed by atoms with Gasteiger partial charge in [-0.3, -0.25) is 14.6 Å². The Bertz CT molecular complexity index is 1020. The third-order valence-electron chi connectivity index (χ3n) is 4.32. The summed E-state index contributed by atoms with van der Waals surface area (Å²) in [5, 5.41) is 5.72. The Hall–Kier alpha value is -3.67. The Morgan fingerprint density at radius 1 is 1.15 bits per heavy atom. The zero-order valence-electron chi connectivity index (χ0n) is 14.0. The lowest BCUT2D eigenvalue weighted by Gasteiger charge is -2.08. The fraction of sp³-hybridized carbons (Fsp3) is 0.0500. The molecular weight excluding hydrogens is 328 g/mol. The number of nitrogens with zero attached hydrogens (tertiary/aromatic N) is 1. The molecule has 1 aromatic carbocycles. The fourth-order valence-electron chi connectivity index (χ4n) is 3.02. The Morgan fingerprint density at radius 2 is 2.04 bits per heavy atom. The second-order valence-corrected chi connectivity index (χ2v) is 5.99. The number of aromatic nitrogens is 2. The summed E-state index contributed by atoms with van der Waals surface area (Å²) in [6.07, 6.45) is 4.94. The van der Waals surface area contributed by atoms with Crippen molar-refractivity contribution in [3.8, 4) is 0 Å². The summed E-state index contributed by atoms with van der Waals surface area (Å²) < 4.78 is 0. The van der Waals surface area contributed by atoms with Gasteiger partial charge in [0.2, 0.25) is 0 Å². The van der Waals surface area contributed by atoms with Crippen LogP contribution < -0.4 is 10.6 Å². The molecule has 2 amide bonds. The summed E-state index contributed by atoms with van der Waals surface area (Å²) in [4.78, 5) is 31.8. The van der Waals surface area contributed by atoms with E-state index in [2.05, 4.69) is 20.6 Å². The van der Waals surface area contributed by atoms with E-state index in [1.807, 2.05) is 31.3 Å². The summed E-state index contributed by atoms with van der Waals surface area (Å²) in [7, 11) is 0. The molecule has 3 heterocycles. The summed E-state index contributed by atoms with van der Waals surface area (Å²) in [6, 6.07) is 12.6. The van der Waals surface area contributed by atoms with Crippen LogP contribution in [0.2, 0.25) is 0 Å². The van der Waals surface area contributed by atoms with Crippen LogP contribution in [0.1, 0.15) is 28.5 Å². The number of pyridine rings is 1. The van der Waals surface area contributed by atoms with Crippen molar-refractivity contribution in [2.24, 2.45) is 0 Å². The molecule has 0 fully saturated rings. The van der Waals surface area contributed by atoms with Crippen LogP contribution in [0.4, 0.5) is 11.4 Å². The van der Waals surface area contributed by atoms with E-state index in [-0.39, 0.29) is 11.8 Å². The van der Waals surface area contributed by atoms with E-state index in [0.717, 1.165) is 22.5 Å². The summed E-state index contributed by atoms with van der Waals surface area (Å²) in [5.74, 6) is -0.398. The van der Waals surface area contributed by atoms with Crippen molar-refractivity contribution in [1.82, 2.24) is 9.97 Å². The third-order valence-corrected chi connectivity index (χ3v) is 4.32. The van der Waals surface area contributed by atoms with Gasteiger partial charge in [-0.15, -0.1) is 0 Å². The smallest absolute Gasteiger partial charge is 0.257 e. The van der Waals surface area contributed by atoms with E-state index in [4.69, 9.17) is 0 Å². The molecule has 1 aliphatic heterocycles. The number of aromatic amines is 1. The molecular formula is C20H16N4O2. The number of anilines is 2. The van der Waals surface area contributed by atoms with Gasteiger partial charge in [0.15, 0.2) is 0 Å². The molecule has 6 heteroatoms. The van der Waals surface area contributed by atoms with Gasteiger partial charge in [0, 0.05) is 41.2 Å². The number of H-pyrrole nitrogens is 1. The Kier molecular flexibility index (Phi) is 3.85. The van der Waals surface area contributed by atoms with Gasteiger partial charge in [0.1, 0.15) is 0 Å². The SMILES string of the molecule is C/C(=C1/C(=O)Nc2ccc(NC(=O)c3cccnc3)cc21)c1ccc[nH]1. The van der Waals surface area contributed by atoms with Crippen LogP contribution in [-0.4, -0.2) is 21.8 Å². The molecule has 2 aromatic heterocycles. The van der Waals surface area contributed by atoms with Crippen LogP contribution >= 0.6 is 0 Å². The number of benzene rings is 1. The van der Waals surface area contributed by atoms with E-state index < -0.39 is 0 Å². The molecule has 3 N–H and O–H groups in total. The predicted octanol–water partition coefficient (Wildman–Crippen LogP) is 3.54. The third kappa shape index (κ3) is 2.77. The van der Waals surface area contributed by atoms with Crippen LogP contribution in [0, 0.1) is 0 Å². The standard InChI is InChI=1S/C20H16N4O2/c1-12(16-5-3-9-22-16)18-15-10-14(6-7-17(15)24-20(18)26)23-19(25)13-4-2-8-21-11-13/h2-11,22H,1H3,(H,23,25)(H,24,26)/b18-12-. The van der Waals surface area contributed by atoms with Gasteiger partial charge < -0.3 is 15.6 Å². The van der Waals surface area contributed by atoms with E-state index in [1.54, 1.807) is 30.5 Å². The van der Waals surface area contributed by atoms with Crippen molar-refractivity contribution < 1.29 is 9.59 Å². The summed E-state index contributed by atoms with van der Waals surface area (Å²) >= 11 is 0. The van der Waals surface area contributed by atoms with E-state index in [9.17, 15) is 9.59 Å². The first-order chi connectivity index (χ1) is 12.6. The van der Waals surface area contributed by atoms with Crippen molar-refractivity contribution in [3.63, 3.8) is 0 Å². The second kappa shape index (κ2) is 6.33. The normalized spacial score (nSPS) is 14.6. The van der Waals surface area contributed by atoms with Crippen molar-refractivity contribution in [2.45, 2.75) is 6.92 Å². The average Bonchev–Trinajstić information content (AvgIpc) is 3.29. The lowest BCUT2D eigenvalue weighted by Crippen LogP contribution is -2.12. The lowest BCUT2D eigenvalue weighted by molar-refractivity contribution is -0.110. The Morgan fingerprint density at radius 3 is 2.77 bits per heavy atom. The first kappa shape index (κ1) is 15.8. The Labute approximate surface area is 150 Å². The molecule has 0 aliphatic carbocycles. The quantitative estimate of drug-likeness (QED) is 0.635. The van der Waals surface area contributed by atoms with Crippen LogP contribution in [0.25, 0.3) is 11.1 Å². The fourth-order valence-corrected chi connectivity index (χ4v) is 3.02. The molecule has 0 saturated heterocycles. The maximum Gasteiger partial charge on any atom is 0.257 e. The van der Waals surface area contributed by atoms with E-state index in [0.29, 0.717) is 16.8 Å². The highest BCUT2D eigenvalue weighted by molar-refractivity contribution is 6.36. The maximum atomic E-state index is 12.4. The minimum absolute atomic E-state index is 0.150. The molecule has 0 unspecified atom stereocenters. The second-order valence-electron chi connectivity index (χ2n) is 5.99. The van der Waals surface area contributed by atoms with Crippen LogP contribution in [0.3, 0.4) is 0 Å². The summed E-state index contributed by atoms with van der Waals surface area (Å²) in [6.45, 7) is 1.90. The maximum absolute atomic E-state index is 12.4. The molecule has 4 rings (SSSR count). The van der Waals surface area contributed by atoms with Gasteiger partial charge in [0.25, 0.3) is 11.8 Å². The van der Waals surface area contributed by atoms with Gasteiger partial charge in [-0.05, 0) is 55.0 Å². The van der Waals surface area contributed by atoms with Gasteiger partial charge in [0.05, 0.1) is 11.1 Å². The van der Waals surface area contributed by atoms with E-state index in [1.165, 1.54) is 6.20 Å².